The van der Waals surface area contributed by atoms with Gasteiger partial charge in [-0.05, 0) is 49.4 Å². The average molecular weight is 347 g/mol. The molecule has 1 N–H and O–H groups in total. The molecule has 2 aromatic rings. The molecule has 2 aromatic carbocycles. The first-order valence-corrected chi connectivity index (χ1v) is 7.79. The van der Waals surface area contributed by atoms with Crippen LogP contribution >= 0.6 is 11.6 Å². The maximum Gasteiger partial charge on any atom is 0.338 e. The summed E-state index contributed by atoms with van der Waals surface area (Å²) in [5.41, 5.74) is 1.91. The number of carbonyl (C=O) groups excluding carboxylic acids is 2. The predicted octanol–water partition coefficient (Wildman–Crippen LogP) is 3.59. The predicted molar refractivity (Wildman–Crippen MR) is 95.7 cm³/mol. The Balaban J connectivity index is 1.96. The first-order valence-electron chi connectivity index (χ1n) is 7.41. The quantitative estimate of drug-likeness (QED) is 0.840. The van der Waals surface area contributed by atoms with E-state index < -0.39 is 18.0 Å². The molecule has 0 spiro atoms. The van der Waals surface area contributed by atoms with Crippen LogP contribution in [0, 0.1) is 0 Å². The summed E-state index contributed by atoms with van der Waals surface area (Å²) in [6.07, 6.45) is -0.926. The average Bonchev–Trinajstić information content (AvgIpc) is 2.54. The fraction of sp³-hybridized carbons (Fsp3) is 0.222. The van der Waals surface area contributed by atoms with Crippen LogP contribution in [0.2, 0.25) is 5.02 Å². The summed E-state index contributed by atoms with van der Waals surface area (Å²) in [6, 6.07) is 13.7. The first-order chi connectivity index (χ1) is 11.4. The molecule has 2 rings (SSSR count). The molecule has 0 saturated heterocycles. The van der Waals surface area contributed by atoms with Crippen LogP contribution in [-0.4, -0.2) is 32.1 Å². The third kappa shape index (κ3) is 4.73. The second kappa shape index (κ2) is 7.84. The van der Waals surface area contributed by atoms with Gasteiger partial charge in [0.15, 0.2) is 6.10 Å². The highest BCUT2D eigenvalue weighted by molar-refractivity contribution is 6.30. The zero-order valence-electron chi connectivity index (χ0n) is 13.7. The summed E-state index contributed by atoms with van der Waals surface area (Å²) < 4.78 is 5.20. The van der Waals surface area contributed by atoms with Crippen molar-refractivity contribution in [1.29, 1.82) is 0 Å². The molecule has 0 bridgehead atoms. The summed E-state index contributed by atoms with van der Waals surface area (Å²) in [7, 11) is 3.82. The van der Waals surface area contributed by atoms with E-state index in [2.05, 4.69) is 5.32 Å². The lowest BCUT2D eigenvalue weighted by Gasteiger charge is -2.15. The van der Waals surface area contributed by atoms with Crippen molar-refractivity contribution < 1.29 is 14.3 Å². The van der Waals surface area contributed by atoms with Crippen molar-refractivity contribution in [3.63, 3.8) is 0 Å². The lowest BCUT2D eigenvalue weighted by molar-refractivity contribution is -0.123. The third-order valence-electron chi connectivity index (χ3n) is 3.36. The van der Waals surface area contributed by atoms with E-state index >= 15 is 0 Å². The molecule has 0 radical (unpaired) electrons. The van der Waals surface area contributed by atoms with Crippen LogP contribution in [-0.2, 0) is 9.53 Å². The monoisotopic (exact) mass is 346 g/mol. The Hall–Kier alpha value is -2.53. The topological polar surface area (TPSA) is 58.6 Å². The zero-order chi connectivity index (χ0) is 17.7. The number of amides is 1. The molecule has 5 nitrogen and oxygen atoms in total. The number of anilines is 2. The normalized spacial score (nSPS) is 11.5. The van der Waals surface area contributed by atoms with Crippen LogP contribution < -0.4 is 10.2 Å². The number of ether oxygens (including phenoxy) is 1. The highest BCUT2D eigenvalue weighted by Gasteiger charge is 2.19. The summed E-state index contributed by atoms with van der Waals surface area (Å²) in [6.45, 7) is 1.52. The molecule has 0 fully saturated rings. The maximum absolute atomic E-state index is 12.1. The lowest BCUT2D eigenvalue weighted by Crippen LogP contribution is -2.30. The first kappa shape index (κ1) is 17.8. The van der Waals surface area contributed by atoms with Gasteiger partial charge in [0, 0.05) is 30.5 Å². The Kier molecular flexibility index (Phi) is 5.82. The molecule has 0 aliphatic carbocycles. The van der Waals surface area contributed by atoms with Crippen molar-refractivity contribution in [2.24, 2.45) is 0 Å². The van der Waals surface area contributed by atoms with E-state index in [-0.39, 0.29) is 0 Å². The van der Waals surface area contributed by atoms with Crippen molar-refractivity contribution in [1.82, 2.24) is 0 Å². The van der Waals surface area contributed by atoms with Gasteiger partial charge in [-0.25, -0.2) is 4.79 Å². The highest BCUT2D eigenvalue weighted by Crippen LogP contribution is 2.16. The van der Waals surface area contributed by atoms with Gasteiger partial charge in [-0.3, -0.25) is 4.79 Å². The summed E-state index contributed by atoms with van der Waals surface area (Å²) in [4.78, 5) is 26.1. The highest BCUT2D eigenvalue weighted by atomic mass is 35.5. The number of esters is 1. The van der Waals surface area contributed by atoms with E-state index in [1.54, 1.807) is 36.4 Å². The van der Waals surface area contributed by atoms with Crippen molar-refractivity contribution in [3.8, 4) is 0 Å². The number of benzene rings is 2. The van der Waals surface area contributed by atoms with Gasteiger partial charge in [-0.15, -0.1) is 0 Å². The molecule has 6 heteroatoms. The molecule has 1 unspecified atom stereocenters. The fourth-order valence-electron chi connectivity index (χ4n) is 1.99. The van der Waals surface area contributed by atoms with Gasteiger partial charge >= 0.3 is 5.97 Å². The summed E-state index contributed by atoms with van der Waals surface area (Å²) in [5.74, 6) is -0.968. The van der Waals surface area contributed by atoms with Crippen LogP contribution in [0.4, 0.5) is 11.4 Å². The minimum Gasteiger partial charge on any atom is -0.449 e. The molecule has 126 valence electrons. The number of nitrogens with one attached hydrogen (secondary N) is 1. The Bertz CT molecular complexity index is 729. The Morgan fingerprint density at radius 2 is 1.79 bits per heavy atom. The fourth-order valence-corrected chi connectivity index (χ4v) is 2.18. The number of carbonyl (C=O) groups is 2. The molecule has 0 heterocycles. The lowest BCUT2D eigenvalue weighted by atomic mass is 10.2. The van der Waals surface area contributed by atoms with Gasteiger partial charge in [0.05, 0.1) is 5.56 Å². The molecule has 0 aromatic heterocycles. The molecular formula is C18H19ClN2O3. The molecule has 0 aliphatic heterocycles. The molecule has 1 amide bonds. The summed E-state index contributed by atoms with van der Waals surface area (Å²) >= 11 is 5.87. The van der Waals surface area contributed by atoms with Crippen molar-refractivity contribution in [2.75, 3.05) is 24.3 Å². The zero-order valence-corrected chi connectivity index (χ0v) is 14.5. The van der Waals surface area contributed by atoms with E-state index in [9.17, 15) is 9.59 Å². The Morgan fingerprint density at radius 1 is 1.12 bits per heavy atom. The molecule has 0 saturated carbocycles. The number of rotatable bonds is 5. The van der Waals surface area contributed by atoms with E-state index in [4.69, 9.17) is 16.3 Å². The minimum atomic E-state index is -0.926. The number of hydrogen-bond donors (Lipinski definition) is 1. The van der Waals surface area contributed by atoms with E-state index in [1.807, 2.05) is 31.1 Å². The summed E-state index contributed by atoms with van der Waals surface area (Å²) in [5, 5.41) is 3.17. The second-order valence-corrected chi connectivity index (χ2v) is 5.92. The molecular weight excluding hydrogens is 328 g/mol. The van der Waals surface area contributed by atoms with Gasteiger partial charge in [-0.2, -0.15) is 0 Å². The standard InChI is InChI=1S/C18H19ClN2O3/c1-12(17(22)20-15-6-4-5-14(19)11-15)24-18(23)13-7-9-16(10-8-13)21(2)3/h4-12H,1-3H3,(H,20,22). The smallest absolute Gasteiger partial charge is 0.338 e. The van der Waals surface area contributed by atoms with Crippen LogP contribution in [0.3, 0.4) is 0 Å². The molecule has 24 heavy (non-hydrogen) atoms. The van der Waals surface area contributed by atoms with Crippen LogP contribution in [0.1, 0.15) is 17.3 Å². The van der Waals surface area contributed by atoms with Crippen molar-refractivity contribution >= 4 is 34.9 Å². The van der Waals surface area contributed by atoms with Crippen molar-refractivity contribution in [2.45, 2.75) is 13.0 Å². The van der Waals surface area contributed by atoms with Gasteiger partial charge in [0.1, 0.15) is 0 Å². The van der Waals surface area contributed by atoms with Crippen LogP contribution in [0.15, 0.2) is 48.5 Å². The van der Waals surface area contributed by atoms with Gasteiger partial charge < -0.3 is 15.0 Å². The van der Waals surface area contributed by atoms with Crippen LogP contribution in [0.5, 0.6) is 0 Å². The van der Waals surface area contributed by atoms with E-state index in [0.717, 1.165) is 5.69 Å². The van der Waals surface area contributed by atoms with Crippen LogP contribution in [0.25, 0.3) is 0 Å². The second-order valence-electron chi connectivity index (χ2n) is 5.49. The molecule has 1 atom stereocenters. The number of nitrogens with zero attached hydrogens (tertiary/aromatic N) is 1. The minimum absolute atomic E-state index is 0.392. The largest absolute Gasteiger partial charge is 0.449 e. The Morgan fingerprint density at radius 3 is 2.38 bits per heavy atom. The van der Waals surface area contributed by atoms with Gasteiger partial charge in [0.25, 0.3) is 5.91 Å². The Labute approximate surface area is 146 Å². The van der Waals surface area contributed by atoms with Gasteiger partial charge in [0.2, 0.25) is 0 Å². The number of halogens is 1. The molecule has 0 aliphatic rings. The maximum atomic E-state index is 12.1. The third-order valence-corrected chi connectivity index (χ3v) is 3.60. The van der Waals surface area contributed by atoms with E-state index in [1.165, 1.54) is 6.92 Å². The number of hydrogen-bond acceptors (Lipinski definition) is 4. The van der Waals surface area contributed by atoms with Crippen molar-refractivity contribution in [3.05, 3.63) is 59.1 Å². The van der Waals surface area contributed by atoms with E-state index in [0.29, 0.717) is 16.3 Å². The SMILES string of the molecule is CC(OC(=O)c1ccc(N(C)C)cc1)C(=O)Nc1cccc(Cl)c1. The van der Waals surface area contributed by atoms with Gasteiger partial charge in [-0.1, -0.05) is 17.7 Å².